The van der Waals surface area contributed by atoms with Crippen molar-refractivity contribution in [3.05, 3.63) is 0 Å². The van der Waals surface area contributed by atoms with Gasteiger partial charge < -0.3 is 15.2 Å². The van der Waals surface area contributed by atoms with Gasteiger partial charge in [-0.1, -0.05) is 20.8 Å². The van der Waals surface area contributed by atoms with E-state index in [0.29, 0.717) is 12.5 Å². The molecule has 4 atom stereocenters. The van der Waals surface area contributed by atoms with Crippen molar-refractivity contribution in [3.63, 3.8) is 0 Å². The van der Waals surface area contributed by atoms with Crippen LogP contribution in [0.3, 0.4) is 0 Å². The fraction of sp³-hybridized carbons (Fsp3) is 0.923. The van der Waals surface area contributed by atoms with Crippen molar-refractivity contribution in [2.45, 2.75) is 52.7 Å². The second-order valence-corrected chi connectivity index (χ2v) is 6.12. The number of rotatable bonds is 2. The average Bonchev–Trinajstić information content (AvgIpc) is 2.53. The van der Waals surface area contributed by atoms with Crippen LogP contribution in [-0.4, -0.2) is 30.0 Å². The SMILES string of the molecule is CCOC(=O)N[C@@H]1[C@H]2CC[C@@](C)([C@@H]1O)C2(C)C. The molecule has 2 aliphatic carbocycles. The van der Waals surface area contributed by atoms with Crippen molar-refractivity contribution in [2.75, 3.05) is 6.61 Å². The third-order valence-electron chi connectivity index (χ3n) is 5.36. The van der Waals surface area contributed by atoms with Gasteiger partial charge in [-0.2, -0.15) is 0 Å². The van der Waals surface area contributed by atoms with E-state index in [2.05, 4.69) is 26.1 Å². The van der Waals surface area contributed by atoms with E-state index < -0.39 is 12.2 Å². The lowest BCUT2D eigenvalue weighted by Gasteiger charge is -2.37. The molecule has 17 heavy (non-hydrogen) atoms. The van der Waals surface area contributed by atoms with E-state index in [9.17, 15) is 9.90 Å². The minimum atomic E-state index is -0.472. The van der Waals surface area contributed by atoms with Crippen LogP contribution in [0.4, 0.5) is 4.79 Å². The van der Waals surface area contributed by atoms with Crippen molar-refractivity contribution in [1.82, 2.24) is 5.32 Å². The molecule has 0 spiro atoms. The maximum absolute atomic E-state index is 11.5. The molecule has 4 heteroatoms. The molecule has 2 fully saturated rings. The standard InChI is InChI=1S/C13H23NO3/c1-5-17-11(16)14-9-8-6-7-13(4,10(9)15)12(8,2)3/h8-10,15H,5-7H2,1-4H3,(H,14,16)/t8-,9-,10-,13+/m1/s1. The number of fused-ring (bicyclic) bond motifs is 2. The number of carbonyl (C=O) groups is 1. The van der Waals surface area contributed by atoms with Crippen LogP contribution in [0.2, 0.25) is 0 Å². The molecule has 2 N–H and O–H groups in total. The zero-order chi connectivity index (χ0) is 12.8. The Morgan fingerprint density at radius 2 is 2.12 bits per heavy atom. The van der Waals surface area contributed by atoms with Crippen molar-refractivity contribution in [2.24, 2.45) is 16.7 Å². The first-order chi connectivity index (χ1) is 7.84. The monoisotopic (exact) mass is 241 g/mol. The number of aliphatic hydroxyl groups excluding tert-OH is 1. The summed E-state index contributed by atoms with van der Waals surface area (Å²) < 4.78 is 4.90. The first-order valence-electron chi connectivity index (χ1n) is 6.46. The zero-order valence-electron chi connectivity index (χ0n) is 11.1. The highest BCUT2D eigenvalue weighted by Crippen LogP contribution is 2.65. The molecule has 2 rings (SSSR count). The number of carbonyl (C=O) groups excluding carboxylic acids is 1. The normalized spacial score (nSPS) is 42.5. The summed E-state index contributed by atoms with van der Waals surface area (Å²) in [5.41, 5.74) is -0.0294. The zero-order valence-corrected chi connectivity index (χ0v) is 11.1. The van der Waals surface area contributed by atoms with Gasteiger partial charge in [0.1, 0.15) is 0 Å². The molecule has 0 aromatic heterocycles. The van der Waals surface area contributed by atoms with Gasteiger partial charge in [0.25, 0.3) is 0 Å². The van der Waals surface area contributed by atoms with Crippen LogP contribution >= 0.6 is 0 Å². The maximum Gasteiger partial charge on any atom is 0.407 e. The molecule has 0 unspecified atom stereocenters. The van der Waals surface area contributed by atoms with Crippen LogP contribution in [0.1, 0.15) is 40.5 Å². The largest absolute Gasteiger partial charge is 0.450 e. The maximum atomic E-state index is 11.5. The van der Waals surface area contributed by atoms with E-state index >= 15 is 0 Å². The number of hydrogen-bond acceptors (Lipinski definition) is 3. The fourth-order valence-electron chi connectivity index (χ4n) is 3.82. The van der Waals surface area contributed by atoms with Gasteiger partial charge in [-0.05, 0) is 31.1 Å². The molecule has 0 aromatic rings. The molecule has 0 aromatic carbocycles. The molecule has 0 heterocycles. The summed E-state index contributed by atoms with van der Waals surface area (Å²) in [6, 6.07) is -0.164. The van der Waals surface area contributed by atoms with Gasteiger partial charge in [0.15, 0.2) is 0 Å². The van der Waals surface area contributed by atoms with Gasteiger partial charge in [0, 0.05) is 5.41 Å². The molecule has 2 aliphatic rings. The molecule has 0 aliphatic heterocycles. The average molecular weight is 241 g/mol. The number of ether oxygens (including phenoxy) is 1. The Balaban J connectivity index is 2.14. The Morgan fingerprint density at radius 1 is 1.47 bits per heavy atom. The Kier molecular flexibility index (Phi) is 2.89. The number of amides is 1. The number of hydrogen-bond donors (Lipinski definition) is 2. The Morgan fingerprint density at radius 3 is 2.59 bits per heavy atom. The van der Waals surface area contributed by atoms with Crippen molar-refractivity contribution >= 4 is 6.09 Å². The smallest absolute Gasteiger partial charge is 0.407 e. The molecule has 1 amide bonds. The van der Waals surface area contributed by atoms with Gasteiger partial charge >= 0.3 is 6.09 Å². The van der Waals surface area contributed by atoms with Crippen LogP contribution in [0, 0.1) is 16.7 Å². The topological polar surface area (TPSA) is 58.6 Å². The van der Waals surface area contributed by atoms with Gasteiger partial charge in [0.05, 0.1) is 18.8 Å². The molecular weight excluding hydrogens is 218 g/mol. The van der Waals surface area contributed by atoms with Crippen LogP contribution < -0.4 is 5.32 Å². The Hall–Kier alpha value is -0.770. The highest BCUT2D eigenvalue weighted by atomic mass is 16.5. The first kappa shape index (κ1) is 12.7. The highest BCUT2D eigenvalue weighted by molar-refractivity contribution is 5.68. The van der Waals surface area contributed by atoms with Gasteiger partial charge in [-0.3, -0.25) is 0 Å². The van der Waals surface area contributed by atoms with E-state index in [1.807, 2.05) is 0 Å². The quantitative estimate of drug-likeness (QED) is 0.776. The molecule has 0 saturated heterocycles. The van der Waals surface area contributed by atoms with E-state index in [1.165, 1.54) is 0 Å². The molecular formula is C13H23NO3. The summed E-state index contributed by atoms with van der Waals surface area (Å²) in [4.78, 5) is 11.5. The molecule has 4 nitrogen and oxygen atoms in total. The van der Waals surface area contributed by atoms with Crippen molar-refractivity contribution in [1.29, 1.82) is 0 Å². The minimum absolute atomic E-state index is 0.0660. The molecule has 2 saturated carbocycles. The van der Waals surface area contributed by atoms with Crippen molar-refractivity contribution in [3.8, 4) is 0 Å². The molecule has 0 radical (unpaired) electrons. The summed E-state index contributed by atoms with van der Waals surface area (Å²) in [5, 5.41) is 13.3. The van der Waals surface area contributed by atoms with Gasteiger partial charge in [-0.25, -0.2) is 4.79 Å². The molecule has 2 bridgehead atoms. The lowest BCUT2D eigenvalue weighted by Crippen LogP contribution is -2.49. The first-order valence-corrected chi connectivity index (χ1v) is 6.46. The number of alkyl carbamates (subject to hydrolysis) is 1. The number of aliphatic hydroxyl groups is 1. The third-order valence-corrected chi connectivity index (χ3v) is 5.36. The fourth-order valence-corrected chi connectivity index (χ4v) is 3.82. The van der Waals surface area contributed by atoms with Gasteiger partial charge in [-0.15, -0.1) is 0 Å². The Bertz CT molecular complexity index is 329. The second kappa shape index (κ2) is 3.87. The van der Waals surface area contributed by atoms with Crippen LogP contribution in [0.25, 0.3) is 0 Å². The summed E-state index contributed by atoms with van der Waals surface area (Å²) in [6.07, 6.45) is 1.22. The Labute approximate surface area is 103 Å². The molecule has 98 valence electrons. The summed E-state index contributed by atoms with van der Waals surface area (Å²) in [6.45, 7) is 8.66. The van der Waals surface area contributed by atoms with Gasteiger partial charge in [0.2, 0.25) is 0 Å². The second-order valence-electron chi connectivity index (χ2n) is 6.12. The summed E-state index contributed by atoms with van der Waals surface area (Å²) >= 11 is 0. The van der Waals surface area contributed by atoms with E-state index in [0.717, 1.165) is 12.8 Å². The van der Waals surface area contributed by atoms with Crippen LogP contribution in [-0.2, 0) is 4.74 Å². The van der Waals surface area contributed by atoms with E-state index in [1.54, 1.807) is 6.92 Å². The predicted molar refractivity (Wildman–Crippen MR) is 64.6 cm³/mol. The van der Waals surface area contributed by atoms with E-state index in [-0.39, 0.29) is 16.9 Å². The van der Waals surface area contributed by atoms with E-state index in [4.69, 9.17) is 4.74 Å². The lowest BCUT2D eigenvalue weighted by molar-refractivity contribution is -0.0000977. The highest BCUT2D eigenvalue weighted by Gasteiger charge is 2.66. The third kappa shape index (κ3) is 1.57. The number of nitrogens with one attached hydrogen (secondary N) is 1. The van der Waals surface area contributed by atoms with Crippen LogP contribution in [0.5, 0.6) is 0 Å². The lowest BCUT2D eigenvalue weighted by atomic mass is 9.70. The summed E-state index contributed by atoms with van der Waals surface area (Å²) in [7, 11) is 0. The summed E-state index contributed by atoms with van der Waals surface area (Å²) in [5.74, 6) is 0.340. The predicted octanol–water partition coefficient (Wildman–Crippen LogP) is 1.92. The minimum Gasteiger partial charge on any atom is -0.450 e. The van der Waals surface area contributed by atoms with Crippen molar-refractivity contribution < 1.29 is 14.6 Å². The van der Waals surface area contributed by atoms with Crippen LogP contribution in [0.15, 0.2) is 0 Å².